The van der Waals surface area contributed by atoms with Crippen LogP contribution in [-0.4, -0.2) is 10.7 Å². The first-order valence-electron chi connectivity index (χ1n) is 6.54. The van der Waals surface area contributed by atoms with E-state index in [9.17, 15) is 5.11 Å². The Bertz CT molecular complexity index is 280. The SMILES string of the molecule is [2H]C([2H])(C)C12CC3CC(CC(O)(C3)C1)C2. The Morgan fingerprint density at radius 3 is 2.38 bits per heavy atom. The average Bonchev–Trinajstić information content (AvgIpc) is 1.95. The Balaban J connectivity index is 2.00. The molecule has 0 amide bonds. The molecule has 4 bridgehead atoms. The predicted octanol–water partition coefficient (Wildman–Crippen LogP) is 2.73. The fourth-order valence-electron chi connectivity index (χ4n) is 4.51. The molecule has 0 aromatic rings. The van der Waals surface area contributed by atoms with E-state index >= 15 is 0 Å². The summed E-state index contributed by atoms with van der Waals surface area (Å²) in [6, 6.07) is 0. The van der Waals surface area contributed by atoms with Crippen LogP contribution >= 0.6 is 0 Å². The zero-order valence-electron chi connectivity index (χ0n) is 10.3. The predicted molar refractivity (Wildman–Crippen MR) is 52.4 cm³/mol. The molecule has 0 radical (unpaired) electrons. The van der Waals surface area contributed by atoms with Crippen molar-refractivity contribution < 1.29 is 7.85 Å². The van der Waals surface area contributed by atoms with Crippen molar-refractivity contribution in [1.82, 2.24) is 0 Å². The summed E-state index contributed by atoms with van der Waals surface area (Å²) in [6.45, 7) is 1.71. The highest BCUT2D eigenvalue weighted by Crippen LogP contribution is 2.62. The van der Waals surface area contributed by atoms with Gasteiger partial charge < -0.3 is 5.11 Å². The summed E-state index contributed by atoms with van der Waals surface area (Å²) in [5, 5.41) is 10.5. The summed E-state index contributed by atoms with van der Waals surface area (Å²) in [5.74, 6) is 1.18. The van der Waals surface area contributed by atoms with Crippen LogP contribution in [0.2, 0.25) is 0 Å². The van der Waals surface area contributed by atoms with Crippen molar-refractivity contribution >= 4 is 0 Å². The summed E-state index contributed by atoms with van der Waals surface area (Å²) in [6.07, 6.45) is 4.70. The minimum Gasteiger partial charge on any atom is -0.390 e. The molecular formula is C12H20O. The minimum atomic E-state index is -1.13. The number of hydrogen-bond donors (Lipinski definition) is 1. The standard InChI is InChI=1S/C12H20O/c1-2-11-4-9-3-10(5-11)7-12(13,6-9)8-11/h9-10,13H,2-8H2,1H3/i2D2. The highest BCUT2D eigenvalue weighted by Gasteiger charge is 2.56. The van der Waals surface area contributed by atoms with Gasteiger partial charge in [0.2, 0.25) is 0 Å². The van der Waals surface area contributed by atoms with Gasteiger partial charge in [-0.1, -0.05) is 13.3 Å². The zero-order chi connectivity index (χ0) is 10.9. The lowest BCUT2D eigenvalue weighted by Crippen LogP contribution is -2.55. The van der Waals surface area contributed by atoms with Crippen molar-refractivity contribution in [3.05, 3.63) is 0 Å². The second-order valence-electron chi connectivity index (χ2n) is 5.72. The molecule has 0 saturated heterocycles. The Labute approximate surface area is 83.3 Å². The molecule has 2 atom stereocenters. The molecule has 4 aliphatic rings. The monoisotopic (exact) mass is 182 g/mol. The van der Waals surface area contributed by atoms with Crippen molar-refractivity contribution in [3.63, 3.8) is 0 Å². The fraction of sp³-hybridized carbons (Fsp3) is 1.00. The van der Waals surface area contributed by atoms with Crippen LogP contribution in [0.4, 0.5) is 0 Å². The summed E-state index contributed by atoms with van der Waals surface area (Å²) in [7, 11) is 0. The molecule has 0 spiro atoms. The molecule has 4 aliphatic carbocycles. The first-order chi connectivity index (χ1) is 6.82. The van der Waals surface area contributed by atoms with Gasteiger partial charge in [-0.2, -0.15) is 0 Å². The van der Waals surface area contributed by atoms with E-state index in [1.165, 1.54) is 6.42 Å². The maximum absolute atomic E-state index is 10.5. The topological polar surface area (TPSA) is 20.2 Å². The van der Waals surface area contributed by atoms with E-state index in [0.717, 1.165) is 25.7 Å². The minimum absolute atomic E-state index is 0.216. The number of aliphatic hydroxyl groups is 1. The summed E-state index contributed by atoms with van der Waals surface area (Å²) in [4.78, 5) is 0. The van der Waals surface area contributed by atoms with Gasteiger partial charge in [-0.05, 0) is 55.8 Å². The molecule has 4 rings (SSSR count). The van der Waals surface area contributed by atoms with Crippen LogP contribution in [-0.2, 0) is 0 Å². The molecule has 1 heteroatoms. The van der Waals surface area contributed by atoms with E-state index in [0.29, 0.717) is 18.3 Å². The van der Waals surface area contributed by atoms with Gasteiger partial charge in [-0.25, -0.2) is 0 Å². The van der Waals surface area contributed by atoms with E-state index in [1.807, 2.05) is 0 Å². The molecule has 74 valence electrons. The maximum Gasteiger partial charge on any atom is 0.0658 e. The summed E-state index contributed by atoms with van der Waals surface area (Å²) >= 11 is 0. The first-order valence-corrected chi connectivity index (χ1v) is 5.54. The van der Waals surface area contributed by atoms with E-state index in [2.05, 4.69) is 0 Å². The van der Waals surface area contributed by atoms with Crippen LogP contribution in [0.15, 0.2) is 0 Å². The third kappa shape index (κ3) is 1.09. The molecule has 4 fully saturated rings. The first kappa shape index (κ1) is 6.44. The van der Waals surface area contributed by atoms with Crippen molar-refractivity contribution in [2.75, 3.05) is 0 Å². The van der Waals surface area contributed by atoms with Crippen molar-refractivity contribution in [3.8, 4) is 0 Å². The van der Waals surface area contributed by atoms with Gasteiger partial charge in [-0.15, -0.1) is 0 Å². The van der Waals surface area contributed by atoms with Crippen molar-refractivity contribution in [2.45, 2.75) is 57.4 Å². The van der Waals surface area contributed by atoms with Crippen LogP contribution in [0.1, 0.15) is 54.6 Å². The zero-order valence-corrected chi connectivity index (χ0v) is 8.34. The lowest BCUT2D eigenvalue weighted by atomic mass is 9.47. The van der Waals surface area contributed by atoms with E-state index in [1.54, 1.807) is 6.92 Å². The van der Waals surface area contributed by atoms with Crippen LogP contribution in [0.5, 0.6) is 0 Å². The lowest BCUT2D eigenvalue weighted by Gasteiger charge is -2.60. The molecular weight excluding hydrogens is 160 g/mol. The van der Waals surface area contributed by atoms with Gasteiger partial charge in [0.25, 0.3) is 0 Å². The Kier molecular flexibility index (Phi) is 1.14. The van der Waals surface area contributed by atoms with E-state index < -0.39 is 12.0 Å². The highest BCUT2D eigenvalue weighted by molar-refractivity contribution is 5.07. The molecule has 0 aromatic heterocycles. The number of hydrogen-bond acceptors (Lipinski definition) is 1. The van der Waals surface area contributed by atoms with E-state index in [-0.39, 0.29) is 5.41 Å². The van der Waals surface area contributed by atoms with Crippen LogP contribution in [0.3, 0.4) is 0 Å². The second kappa shape index (κ2) is 2.31. The van der Waals surface area contributed by atoms with Gasteiger partial charge in [0.1, 0.15) is 0 Å². The van der Waals surface area contributed by atoms with Gasteiger partial charge in [0.15, 0.2) is 0 Å². The van der Waals surface area contributed by atoms with Crippen LogP contribution in [0, 0.1) is 17.3 Å². The molecule has 4 saturated carbocycles. The molecule has 0 aromatic carbocycles. The fourth-order valence-corrected chi connectivity index (χ4v) is 4.51. The molecule has 13 heavy (non-hydrogen) atoms. The third-order valence-electron chi connectivity index (χ3n) is 4.56. The summed E-state index contributed by atoms with van der Waals surface area (Å²) in [5.41, 5.74) is -0.737. The normalized spacial score (nSPS) is 62.0. The highest BCUT2D eigenvalue weighted by atomic mass is 16.3. The quantitative estimate of drug-likeness (QED) is 0.661. The molecule has 0 aliphatic heterocycles. The Morgan fingerprint density at radius 1 is 1.31 bits per heavy atom. The molecule has 1 nitrogen and oxygen atoms in total. The second-order valence-corrected chi connectivity index (χ2v) is 5.72. The summed E-state index contributed by atoms with van der Waals surface area (Å²) < 4.78 is 16.1. The number of rotatable bonds is 1. The van der Waals surface area contributed by atoms with Crippen LogP contribution < -0.4 is 0 Å². The Hall–Kier alpha value is -0.0400. The van der Waals surface area contributed by atoms with E-state index in [4.69, 9.17) is 2.74 Å². The maximum atomic E-state index is 10.5. The lowest BCUT2D eigenvalue weighted by molar-refractivity contribution is -0.164. The average molecular weight is 182 g/mol. The van der Waals surface area contributed by atoms with Gasteiger partial charge in [0, 0.05) is 2.74 Å². The van der Waals surface area contributed by atoms with Gasteiger partial charge in [-0.3, -0.25) is 0 Å². The van der Waals surface area contributed by atoms with Crippen molar-refractivity contribution in [1.29, 1.82) is 0 Å². The Morgan fingerprint density at radius 2 is 1.92 bits per heavy atom. The smallest absolute Gasteiger partial charge is 0.0658 e. The van der Waals surface area contributed by atoms with Crippen molar-refractivity contribution in [2.24, 2.45) is 17.3 Å². The molecule has 0 heterocycles. The van der Waals surface area contributed by atoms with Gasteiger partial charge in [0.05, 0.1) is 5.60 Å². The van der Waals surface area contributed by atoms with Gasteiger partial charge >= 0.3 is 0 Å². The third-order valence-corrected chi connectivity index (χ3v) is 4.56. The molecule has 1 N–H and O–H groups in total. The molecule has 2 unspecified atom stereocenters. The largest absolute Gasteiger partial charge is 0.390 e. The van der Waals surface area contributed by atoms with Crippen LogP contribution in [0.25, 0.3) is 0 Å².